The van der Waals surface area contributed by atoms with Gasteiger partial charge in [-0.15, -0.1) is 0 Å². The Kier molecular flexibility index (Phi) is 4.08. The highest BCUT2D eigenvalue weighted by molar-refractivity contribution is 5.76. The molecule has 0 atom stereocenters. The van der Waals surface area contributed by atoms with E-state index in [2.05, 4.69) is 0 Å². The highest BCUT2D eigenvalue weighted by Gasteiger charge is 2.42. The Morgan fingerprint density at radius 1 is 1.11 bits per heavy atom. The maximum Gasteiger partial charge on any atom is 0.223 e. The predicted molar refractivity (Wildman–Crippen MR) is 71.6 cm³/mol. The van der Waals surface area contributed by atoms with Crippen molar-refractivity contribution in [2.45, 2.75) is 57.2 Å². The highest BCUT2D eigenvalue weighted by Crippen LogP contribution is 2.32. The van der Waals surface area contributed by atoms with Gasteiger partial charge in [0.05, 0.1) is 19.8 Å². The molecule has 0 bridgehead atoms. The smallest absolute Gasteiger partial charge is 0.223 e. The molecule has 0 unspecified atom stereocenters. The van der Waals surface area contributed by atoms with Crippen LogP contribution < -0.4 is 0 Å². The lowest BCUT2D eigenvalue weighted by Gasteiger charge is -2.39. The number of nitrogens with zero attached hydrogens (tertiary/aromatic N) is 1. The van der Waals surface area contributed by atoms with Crippen molar-refractivity contribution in [2.24, 2.45) is 5.92 Å². The monoisotopic (exact) mass is 267 g/mol. The van der Waals surface area contributed by atoms with Gasteiger partial charge < -0.3 is 14.4 Å². The van der Waals surface area contributed by atoms with Crippen LogP contribution in [0.3, 0.4) is 0 Å². The van der Waals surface area contributed by atoms with E-state index in [-0.39, 0.29) is 0 Å². The van der Waals surface area contributed by atoms with Crippen LogP contribution in [0.2, 0.25) is 0 Å². The largest absolute Gasteiger partial charge is 0.346 e. The van der Waals surface area contributed by atoms with Crippen LogP contribution in [0.4, 0.5) is 0 Å². The average Bonchev–Trinajstić information content (AvgIpc) is 2.88. The van der Waals surface area contributed by atoms with Crippen LogP contribution in [0, 0.1) is 5.92 Å². The van der Waals surface area contributed by atoms with Gasteiger partial charge in [-0.2, -0.15) is 0 Å². The summed E-state index contributed by atoms with van der Waals surface area (Å²) in [5.74, 6) is 0.454. The Morgan fingerprint density at radius 2 is 1.84 bits per heavy atom. The molecule has 0 radical (unpaired) electrons. The number of hydrogen-bond donors (Lipinski definition) is 0. The summed E-state index contributed by atoms with van der Waals surface area (Å²) < 4.78 is 11.5. The normalized spacial score (nSPS) is 27.9. The zero-order valence-corrected chi connectivity index (χ0v) is 11.7. The van der Waals surface area contributed by atoms with Gasteiger partial charge in [-0.25, -0.2) is 0 Å². The molecule has 1 aliphatic carbocycles. The number of carbonyl (C=O) groups is 1. The van der Waals surface area contributed by atoms with Crippen molar-refractivity contribution in [3.8, 4) is 0 Å². The highest BCUT2D eigenvalue weighted by atomic mass is 16.7. The maximum atomic E-state index is 12.4. The second-order valence-electron chi connectivity index (χ2n) is 6.23. The third-order valence-electron chi connectivity index (χ3n) is 4.77. The summed E-state index contributed by atoms with van der Waals surface area (Å²) >= 11 is 0. The Hall–Kier alpha value is -0.610. The third-order valence-corrected chi connectivity index (χ3v) is 4.77. The van der Waals surface area contributed by atoms with Gasteiger partial charge in [0, 0.05) is 19.4 Å². The summed E-state index contributed by atoms with van der Waals surface area (Å²) in [7, 11) is 0. The first-order valence-corrected chi connectivity index (χ1v) is 7.83. The third kappa shape index (κ3) is 3.11. The van der Waals surface area contributed by atoms with E-state index in [0.29, 0.717) is 31.6 Å². The van der Waals surface area contributed by atoms with Gasteiger partial charge in [0.2, 0.25) is 5.91 Å². The van der Waals surface area contributed by atoms with Gasteiger partial charge in [-0.1, -0.05) is 19.3 Å². The van der Waals surface area contributed by atoms with Crippen molar-refractivity contribution in [2.75, 3.05) is 26.3 Å². The van der Waals surface area contributed by atoms with Crippen molar-refractivity contribution in [3.05, 3.63) is 0 Å². The summed E-state index contributed by atoms with van der Waals surface area (Å²) in [6.45, 7) is 2.86. The summed E-state index contributed by atoms with van der Waals surface area (Å²) in [4.78, 5) is 14.4. The Balaban J connectivity index is 1.54. The molecule has 108 valence electrons. The molecule has 3 aliphatic rings. The van der Waals surface area contributed by atoms with E-state index in [4.69, 9.17) is 9.47 Å². The van der Waals surface area contributed by atoms with Gasteiger partial charge in [0.25, 0.3) is 0 Å². The summed E-state index contributed by atoms with van der Waals surface area (Å²) in [6.07, 6.45) is 9.07. The fourth-order valence-electron chi connectivity index (χ4n) is 3.70. The van der Waals surface area contributed by atoms with Gasteiger partial charge in [0.15, 0.2) is 5.79 Å². The first-order chi connectivity index (χ1) is 9.27. The van der Waals surface area contributed by atoms with E-state index in [9.17, 15) is 4.79 Å². The summed E-state index contributed by atoms with van der Waals surface area (Å²) in [5, 5.41) is 0. The first-order valence-electron chi connectivity index (χ1n) is 7.83. The van der Waals surface area contributed by atoms with Crippen LogP contribution in [-0.2, 0) is 14.3 Å². The van der Waals surface area contributed by atoms with E-state index in [1.54, 1.807) is 0 Å². The minimum Gasteiger partial charge on any atom is -0.346 e. The van der Waals surface area contributed by atoms with Crippen LogP contribution >= 0.6 is 0 Å². The Morgan fingerprint density at radius 3 is 2.58 bits per heavy atom. The predicted octanol–water partition coefficient (Wildman–Crippen LogP) is 2.32. The number of ether oxygens (including phenoxy) is 2. The van der Waals surface area contributed by atoms with Gasteiger partial charge in [-0.3, -0.25) is 4.79 Å². The fourth-order valence-corrected chi connectivity index (χ4v) is 3.70. The topological polar surface area (TPSA) is 38.8 Å². The minimum absolute atomic E-state index is 0.310. The summed E-state index contributed by atoms with van der Waals surface area (Å²) in [6, 6.07) is 0. The van der Waals surface area contributed by atoms with Gasteiger partial charge in [-0.05, 0) is 25.2 Å². The molecule has 0 aromatic carbocycles. The van der Waals surface area contributed by atoms with Gasteiger partial charge >= 0.3 is 0 Å². The molecule has 2 saturated heterocycles. The van der Waals surface area contributed by atoms with Crippen molar-refractivity contribution >= 4 is 5.91 Å². The molecule has 0 aromatic heterocycles. The number of carbonyl (C=O) groups excluding carboxylic acids is 1. The summed E-state index contributed by atoms with van der Waals surface area (Å²) in [5.41, 5.74) is 0. The molecule has 2 aliphatic heterocycles. The van der Waals surface area contributed by atoms with Crippen molar-refractivity contribution in [1.82, 2.24) is 4.90 Å². The lowest BCUT2D eigenvalue weighted by molar-refractivity contribution is -0.193. The molecule has 3 fully saturated rings. The van der Waals surface area contributed by atoms with Crippen LogP contribution in [0.25, 0.3) is 0 Å². The van der Waals surface area contributed by atoms with Crippen LogP contribution in [-0.4, -0.2) is 42.9 Å². The van der Waals surface area contributed by atoms with E-state index in [1.807, 2.05) is 4.90 Å². The standard InChI is InChI=1S/C15H25NO3/c17-14(11-13-5-2-1-3-6-13)16-8-4-7-15(12-16)18-9-10-19-15/h13H,1-12H2. The van der Waals surface area contributed by atoms with Crippen molar-refractivity contribution < 1.29 is 14.3 Å². The zero-order chi connectivity index (χ0) is 13.1. The molecule has 4 heteroatoms. The number of piperidine rings is 1. The maximum absolute atomic E-state index is 12.4. The van der Waals surface area contributed by atoms with Gasteiger partial charge in [0.1, 0.15) is 0 Å². The van der Waals surface area contributed by atoms with E-state index >= 15 is 0 Å². The second-order valence-corrected chi connectivity index (χ2v) is 6.23. The fraction of sp³-hybridized carbons (Fsp3) is 0.933. The molecular weight excluding hydrogens is 242 g/mol. The lowest BCUT2D eigenvalue weighted by Crippen LogP contribution is -2.51. The molecule has 0 N–H and O–H groups in total. The zero-order valence-electron chi connectivity index (χ0n) is 11.7. The minimum atomic E-state index is -0.472. The van der Waals surface area contributed by atoms with Crippen LogP contribution in [0.1, 0.15) is 51.4 Å². The Labute approximate surface area is 115 Å². The molecule has 0 aromatic rings. The average molecular weight is 267 g/mol. The number of hydrogen-bond acceptors (Lipinski definition) is 3. The molecule has 2 heterocycles. The molecular formula is C15H25NO3. The van der Waals surface area contributed by atoms with E-state index < -0.39 is 5.79 Å². The molecule has 4 nitrogen and oxygen atoms in total. The van der Waals surface area contributed by atoms with E-state index in [0.717, 1.165) is 25.8 Å². The number of rotatable bonds is 2. The van der Waals surface area contributed by atoms with Crippen molar-refractivity contribution in [3.63, 3.8) is 0 Å². The number of likely N-dealkylation sites (tertiary alicyclic amines) is 1. The van der Waals surface area contributed by atoms with Crippen molar-refractivity contribution in [1.29, 1.82) is 0 Å². The lowest BCUT2D eigenvalue weighted by atomic mass is 9.86. The molecule has 3 rings (SSSR count). The van der Waals surface area contributed by atoms with E-state index in [1.165, 1.54) is 32.1 Å². The number of amides is 1. The SMILES string of the molecule is O=C(CC1CCCCC1)N1CCCC2(C1)OCCO2. The molecule has 19 heavy (non-hydrogen) atoms. The van der Waals surface area contributed by atoms with Crippen LogP contribution in [0.5, 0.6) is 0 Å². The molecule has 1 amide bonds. The quantitative estimate of drug-likeness (QED) is 0.770. The molecule has 1 spiro atoms. The first kappa shape index (κ1) is 13.4. The van der Waals surface area contributed by atoms with Crippen LogP contribution in [0.15, 0.2) is 0 Å². The Bertz CT molecular complexity index is 319. The second kappa shape index (κ2) is 5.80. The molecule has 1 saturated carbocycles.